The highest BCUT2D eigenvalue weighted by Crippen LogP contribution is 2.20. The number of amides is 2. The number of rotatable bonds is 7. The zero-order chi connectivity index (χ0) is 15.9. The topological polar surface area (TPSA) is 78.4 Å². The van der Waals surface area contributed by atoms with Gasteiger partial charge < -0.3 is 15.7 Å². The summed E-state index contributed by atoms with van der Waals surface area (Å²) in [5.74, 6) is -0.323. The van der Waals surface area contributed by atoms with Crippen molar-refractivity contribution in [2.75, 3.05) is 13.2 Å². The third-order valence-electron chi connectivity index (χ3n) is 2.83. The zero-order valence-electron chi connectivity index (χ0n) is 12.8. The quantitative estimate of drug-likeness (QED) is 0.718. The first kappa shape index (κ1) is 17.7. The maximum absolute atomic E-state index is 11.8. The highest BCUT2D eigenvalue weighted by atomic mass is 32.1. The molecule has 118 valence electrons. The molecule has 0 aliphatic rings. The van der Waals surface area contributed by atoms with Crippen LogP contribution in [0.15, 0.2) is 17.5 Å². The molecule has 6 heteroatoms. The van der Waals surface area contributed by atoms with Crippen molar-refractivity contribution < 1.29 is 14.7 Å². The van der Waals surface area contributed by atoms with Crippen molar-refractivity contribution >= 4 is 23.2 Å². The lowest BCUT2D eigenvalue weighted by atomic mass is 9.88. The van der Waals surface area contributed by atoms with E-state index in [2.05, 4.69) is 31.4 Å². The minimum Gasteiger partial charge on any atom is -0.394 e. The number of hydrogen-bond acceptors (Lipinski definition) is 4. The maximum atomic E-state index is 11.8. The van der Waals surface area contributed by atoms with Crippen molar-refractivity contribution in [1.82, 2.24) is 10.6 Å². The third kappa shape index (κ3) is 7.24. The lowest BCUT2D eigenvalue weighted by Gasteiger charge is -2.25. The first-order valence-electron chi connectivity index (χ1n) is 7.04. The molecule has 1 unspecified atom stereocenters. The van der Waals surface area contributed by atoms with Gasteiger partial charge in [0.15, 0.2) is 0 Å². The average molecular weight is 312 g/mol. The molecule has 1 aromatic heterocycles. The maximum Gasteiger partial charge on any atom is 0.261 e. The van der Waals surface area contributed by atoms with Crippen molar-refractivity contribution in [3.8, 4) is 0 Å². The van der Waals surface area contributed by atoms with Crippen LogP contribution in [0.3, 0.4) is 0 Å². The van der Waals surface area contributed by atoms with E-state index < -0.39 is 0 Å². The van der Waals surface area contributed by atoms with Crippen LogP contribution in [0.4, 0.5) is 0 Å². The van der Waals surface area contributed by atoms with Crippen LogP contribution in [0, 0.1) is 5.41 Å². The van der Waals surface area contributed by atoms with Gasteiger partial charge in [-0.25, -0.2) is 0 Å². The van der Waals surface area contributed by atoms with Crippen LogP contribution in [0.2, 0.25) is 0 Å². The Morgan fingerprint density at radius 3 is 2.62 bits per heavy atom. The van der Waals surface area contributed by atoms with Gasteiger partial charge in [-0.1, -0.05) is 26.8 Å². The van der Waals surface area contributed by atoms with Gasteiger partial charge >= 0.3 is 0 Å². The Kier molecular flexibility index (Phi) is 6.84. The fraction of sp³-hybridized carbons (Fsp3) is 0.600. The highest BCUT2D eigenvalue weighted by Gasteiger charge is 2.19. The van der Waals surface area contributed by atoms with Gasteiger partial charge in [0.2, 0.25) is 5.91 Å². The van der Waals surface area contributed by atoms with Crippen LogP contribution in [-0.2, 0) is 4.79 Å². The second-order valence-electron chi connectivity index (χ2n) is 6.19. The Morgan fingerprint density at radius 2 is 2.10 bits per heavy atom. The molecule has 0 fully saturated rings. The summed E-state index contributed by atoms with van der Waals surface area (Å²) in [7, 11) is 0. The minimum atomic E-state index is -0.245. The first-order valence-corrected chi connectivity index (χ1v) is 7.92. The second kappa shape index (κ2) is 8.14. The molecule has 0 saturated carbocycles. The standard InChI is InChI=1S/C15H24N2O3S/c1-15(2,3)9-11(10-18)17-13(19)6-7-16-14(20)12-5-4-8-21-12/h4-5,8,11,18H,6-7,9-10H2,1-3H3,(H,16,20)(H,17,19). The molecule has 2 amide bonds. The highest BCUT2D eigenvalue weighted by molar-refractivity contribution is 7.12. The van der Waals surface area contributed by atoms with Gasteiger partial charge in [0.1, 0.15) is 0 Å². The molecule has 0 aliphatic heterocycles. The number of hydrogen-bond donors (Lipinski definition) is 3. The lowest BCUT2D eigenvalue weighted by Crippen LogP contribution is -2.41. The van der Waals surface area contributed by atoms with Crippen molar-refractivity contribution in [2.24, 2.45) is 5.41 Å². The minimum absolute atomic E-state index is 0.0358. The Bertz CT molecular complexity index is 452. The molecule has 0 radical (unpaired) electrons. The van der Waals surface area contributed by atoms with Crippen LogP contribution in [0.5, 0.6) is 0 Å². The molecule has 1 atom stereocenters. The molecular weight excluding hydrogens is 288 g/mol. The van der Waals surface area contributed by atoms with Gasteiger partial charge in [-0.15, -0.1) is 11.3 Å². The van der Waals surface area contributed by atoms with Crippen LogP contribution in [-0.4, -0.2) is 36.1 Å². The number of aliphatic hydroxyl groups is 1. The van der Waals surface area contributed by atoms with Gasteiger partial charge in [-0.05, 0) is 23.3 Å². The summed E-state index contributed by atoms with van der Waals surface area (Å²) in [4.78, 5) is 24.1. The normalized spacial score (nSPS) is 12.8. The predicted octanol–water partition coefficient (Wildman–Crippen LogP) is 1.78. The van der Waals surface area contributed by atoms with E-state index in [-0.39, 0.29) is 42.8 Å². The van der Waals surface area contributed by atoms with Crippen molar-refractivity contribution in [3.05, 3.63) is 22.4 Å². The molecule has 21 heavy (non-hydrogen) atoms. The molecule has 3 N–H and O–H groups in total. The Labute approximate surface area is 129 Å². The van der Waals surface area contributed by atoms with E-state index in [1.165, 1.54) is 11.3 Å². The Morgan fingerprint density at radius 1 is 1.38 bits per heavy atom. The van der Waals surface area contributed by atoms with Gasteiger partial charge in [0.25, 0.3) is 5.91 Å². The number of carbonyl (C=O) groups is 2. The summed E-state index contributed by atoms with van der Waals surface area (Å²) < 4.78 is 0. The molecule has 0 saturated heterocycles. The van der Waals surface area contributed by atoms with Crippen LogP contribution in [0.1, 0.15) is 43.3 Å². The molecule has 0 bridgehead atoms. The number of thiophene rings is 1. The van der Waals surface area contributed by atoms with E-state index in [0.717, 1.165) is 0 Å². The van der Waals surface area contributed by atoms with E-state index in [9.17, 15) is 14.7 Å². The fourth-order valence-electron chi connectivity index (χ4n) is 1.98. The number of carbonyl (C=O) groups excluding carboxylic acids is 2. The van der Waals surface area contributed by atoms with E-state index >= 15 is 0 Å². The third-order valence-corrected chi connectivity index (χ3v) is 3.70. The van der Waals surface area contributed by atoms with Gasteiger partial charge in [0, 0.05) is 13.0 Å². The Balaban J connectivity index is 2.28. The monoisotopic (exact) mass is 312 g/mol. The molecule has 1 rings (SSSR count). The van der Waals surface area contributed by atoms with E-state index in [1.54, 1.807) is 6.07 Å². The Hall–Kier alpha value is -1.40. The summed E-state index contributed by atoms with van der Waals surface area (Å²) in [5, 5.41) is 16.6. The van der Waals surface area contributed by atoms with Crippen molar-refractivity contribution in [3.63, 3.8) is 0 Å². The van der Waals surface area contributed by atoms with E-state index in [4.69, 9.17) is 0 Å². The van der Waals surface area contributed by atoms with Gasteiger partial charge in [-0.3, -0.25) is 9.59 Å². The SMILES string of the molecule is CC(C)(C)CC(CO)NC(=O)CCNC(=O)c1cccs1. The predicted molar refractivity (Wildman–Crippen MR) is 84.4 cm³/mol. The molecule has 0 aromatic carbocycles. The van der Waals surface area contributed by atoms with Crippen molar-refractivity contribution in [2.45, 2.75) is 39.7 Å². The molecule has 1 aromatic rings. The van der Waals surface area contributed by atoms with E-state index in [1.807, 2.05) is 11.4 Å². The summed E-state index contributed by atoms with van der Waals surface area (Å²) >= 11 is 1.36. The molecule has 1 heterocycles. The second-order valence-corrected chi connectivity index (χ2v) is 7.14. The molecule has 5 nitrogen and oxygen atoms in total. The molecule has 0 aliphatic carbocycles. The van der Waals surface area contributed by atoms with Gasteiger partial charge in [-0.2, -0.15) is 0 Å². The fourth-order valence-corrected chi connectivity index (χ4v) is 2.62. The van der Waals surface area contributed by atoms with Crippen LogP contribution >= 0.6 is 11.3 Å². The smallest absolute Gasteiger partial charge is 0.261 e. The summed E-state index contributed by atoms with van der Waals surface area (Å²) in [6, 6.07) is 3.31. The summed E-state index contributed by atoms with van der Waals surface area (Å²) in [6.45, 7) is 6.38. The summed E-state index contributed by atoms with van der Waals surface area (Å²) in [5.41, 5.74) is 0.0358. The zero-order valence-corrected chi connectivity index (χ0v) is 13.6. The lowest BCUT2D eigenvalue weighted by molar-refractivity contribution is -0.122. The molecular formula is C15H24N2O3S. The number of nitrogens with one attached hydrogen (secondary N) is 2. The van der Waals surface area contributed by atoms with Crippen LogP contribution < -0.4 is 10.6 Å². The van der Waals surface area contributed by atoms with Crippen LogP contribution in [0.25, 0.3) is 0 Å². The van der Waals surface area contributed by atoms with Gasteiger partial charge in [0.05, 0.1) is 17.5 Å². The first-order chi connectivity index (χ1) is 9.81. The largest absolute Gasteiger partial charge is 0.394 e. The average Bonchev–Trinajstić information content (AvgIpc) is 2.90. The van der Waals surface area contributed by atoms with E-state index in [0.29, 0.717) is 11.3 Å². The number of aliphatic hydroxyl groups excluding tert-OH is 1. The van der Waals surface area contributed by atoms with Crippen molar-refractivity contribution in [1.29, 1.82) is 0 Å². The molecule has 0 spiro atoms. The summed E-state index contributed by atoms with van der Waals surface area (Å²) in [6.07, 6.45) is 0.911.